The normalized spacial score (nSPS) is 11.5. The Bertz CT molecular complexity index is 383. The Morgan fingerprint density at radius 3 is 2.27 bits per heavy atom. The number of hydrogen-bond donors (Lipinski definition) is 0. The average Bonchev–Trinajstić information content (AvgIpc) is 2.15. The fourth-order valence-corrected chi connectivity index (χ4v) is 0.990. The predicted molar refractivity (Wildman–Crippen MR) is 41.7 cm³/mol. The van der Waals surface area contributed by atoms with E-state index < -0.39 is 35.6 Å². The van der Waals surface area contributed by atoms with Crippen molar-refractivity contribution in [3.05, 3.63) is 35.1 Å². The van der Waals surface area contributed by atoms with Crippen LogP contribution in [0, 0.1) is 5.82 Å². The molecule has 1 aromatic carbocycles. The quantitative estimate of drug-likeness (QED) is 0.557. The van der Waals surface area contributed by atoms with Crippen molar-refractivity contribution in [3.63, 3.8) is 0 Å². The average molecular weight is 224 g/mol. The van der Waals surface area contributed by atoms with E-state index in [1.807, 2.05) is 0 Å². The van der Waals surface area contributed by atoms with Crippen molar-refractivity contribution in [2.24, 2.45) is 0 Å². The summed E-state index contributed by atoms with van der Waals surface area (Å²) in [7, 11) is 0. The molecule has 0 N–H and O–H groups in total. The third kappa shape index (κ3) is 2.51. The predicted octanol–water partition coefficient (Wildman–Crippen LogP) is 3.00. The summed E-state index contributed by atoms with van der Waals surface area (Å²) in [6.45, 7) is -1.44. The van der Waals surface area contributed by atoms with Gasteiger partial charge in [-0.25, -0.2) is 8.78 Å². The highest BCUT2D eigenvalue weighted by atomic mass is 19.4. The fraction of sp³-hybridized carbons (Fsp3) is 0.222. The van der Waals surface area contributed by atoms with Gasteiger partial charge >= 0.3 is 6.18 Å². The minimum Gasteiger partial charge on any atom is -0.291 e. The molecule has 0 atom stereocenters. The van der Waals surface area contributed by atoms with E-state index in [0.29, 0.717) is 12.1 Å². The zero-order valence-corrected chi connectivity index (χ0v) is 7.24. The Morgan fingerprint density at radius 2 is 1.87 bits per heavy atom. The second kappa shape index (κ2) is 3.96. The molecule has 0 saturated heterocycles. The van der Waals surface area contributed by atoms with Crippen molar-refractivity contribution in [1.82, 2.24) is 0 Å². The number of carbonyl (C=O) groups excluding carboxylic acids is 1. The molecule has 82 valence electrons. The molecule has 15 heavy (non-hydrogen) atoms. The molecule has 1 nitrogen and oxygen atoms in total. The van der Waals surface area contributed by atoms with Crippen LogP contribution in [-0.4, -0.2) is 12.5 Å². The van der Waals surface area contributed by atoms with Crippen molar-refractivity contribution in [2.75, 3.05) is 6.67 Å². The Hall–Kier alpha value is -1.46. The number of carbonyl (C=O) groups is 1. The van der Waals surface area contributed by atoms with Gasteiger partial charge in [-0.3, -0.25) is 4.79 Å². The Labute approximate surface area is 81.5 Å². The summed E-state index contributed by atoms with van der Waals surface area (Å²) >= 11 is 0. The smallest absolute Gasteiger partial charge is 0.291 e. The molecule has 0 bridgehead atoms. The molecule has 0 aliphatic heterocycles. The molecular weight excluding hydrogens is 219 g/mol. The third-order valence-corrected chi connectivity index (χ3v) is 1.72. The second-order valence-electron chi connectivity index (χ2n) is 2.75. The lowest BCUT2D eigenvalue weighted by Gasteiger charge is -2.07. The van der Waals surface area contributed by atoms with Gasteiger partial charge in [-0.2, -0.15) is 13.2 Å². The summed E-state index contributed by atoms with van der Waals surface area (Å²) in [6, 6.07) is 1.33. The molecule has 0 aliphatic carbocycles. The van der Waals surface area contributed by atoms with Crippen LogP contribution < -0.4 is 0 Å². The molecule has 0 saturated carbocycles. The van der Waals surface area contributed by atoms with Crippen LogP contribution in [0.3, 0.4) is 0 Å². The number of alkyl halides is 4. The number of benzene rings is 1. The molecule has 1 rings (SSSR count). The van der Waals surface area contributed by atoms with Crippen LogP contribution in [0.25, 0.3) is 0 Å². The number of ketones is 1. The minimum absolute atomic E-state index is 0.170. The highest BCUT2D eigenvalue weighted by Crippen LogP contribution is 2.30. The van der Waals surface area contributed by atoms with Crippen LogP contribution >= 0.6 is 0 Å². The Morgan fingerprint density at radius 1 is 1.27 bits per heavy atom. The first kappa shape index (κ1) is 11.6. The van der Waals surface area contributed by atoms with E-state index >= 15 is 0 Å². The standard InChI is InChI=1S/C9H5F5O/c10-4-8(15)6-2-1-5(3-7(6)11)9(12,13)14/h1-3H,4H2. The van der Waals surface area contributed by atoms with Gasteiger partial charge in [0.15, 0.2) is 12.5 Å². The third-order valence-electron chi connectivity index (χ3n) is 1.72. The van der Waals surface area contributed by atoms with Crippen molar-refractivity contribution >= 4 is 5.78 Å². The number of hydrogen-bond acceptors (Lipinski definition) is 1. The monoisotopic (exact) mass is 224 g/mol. The van der Waals surface area contributed by atoms with Crippen LogP contribution in [0.15, 0.2) is 18.2 Å². The molecule has 6 heteroatoms. The summed E-state index contributed by atoms with van der Waals surface area (Å²) in [6.07, 6.45) is -4.68. The molecule has 1 aromatic rings. The van der Waals surface area contributed by atoms with Gasteiger partial charge in [0, 0.05) is 0 Å². The summed E-state index contributed by atoms with van der Waals surface area (Å²) in [5.41, 5.74) is -1.89. The van der Waals surface area contributed by atoms with Crippen LogP contribution in [0.1, 0.15) is 15.9 Å². The molecule has 0 heterocycles. The van der Waals surface area contributed by atoms with E-state index in [0.717, 1.165) is 0 Å². The van der Waals surface area contributed by atoms with Gasteiger partial charge < -0.3 is 0 Å². The van der Waals surface area contributed by atoms with Crippen LogP contribution in [-0.2, 0) is 6.18 Å². The zero-order valence-electron chi connectivity index (χ0n) is 7.24. The molecule has 0 aromatic heterocycles. The largest absolute Gasteiger partial charge is 0.416 e. The molecule has 0 radical (unpaired) electrons. The first-order valence-corrected chi connectivity index (χ1v) is 3.82. The summed E-state index contributed by atoms with van der Waals surface area (Å²) < 4.78 is 60.9. The van der Waals surface area contributed by atoms with Gasteiger partial charge in [-0.05, 0) is 18.2 Å². The van der Waals surface area contributed by atoms with Gasteiger partial charge in [0.1, 0.15) is 5.82 Å². The summed E-state index contributed by atoms with van der Waals surface area (Å²) in [5.74, 6) is -2.55. The Balaban J connectivity index is 3.15. The molecule has 0 aliphatic rings. The molecule has 0 unspecified atom stereocenters. The number of Topliss-reactive ketones (excluding diaryl/α,β-unsaturated/α-hetero) is 1. The minimum atomic E-state index is -4.68. The molecule has 0 fully saturated rings. The van der Waals surface area contributed by atoms with Gasteiger partial charge in [0.05, 0.1) is 11.1 Å². The van der Waals surface area contributed by atoms with Crippen molar-refractivity contribution < 1.29 is 26.7 Å². The van der Waals surface area contributed by atoms with E-state index in [9.17, 15) is 26.7 Å². The topological polar surface area (TPSA) is 17.1 Å². The first-order chi connectivity index (χ1) is 6.86. The highest BCUT2D eigenvalue weighted by molar-refractivity contribution is 5.97. The maximum absolute atomic E-state index is 12.9. The van der Waals surface area contributed by atoms with Crippen LogP contribution in [0.4, 0.5) is 22.0 Å². The number of halogens is 5. The Kier molecular flexibility index (Phi) is 3.06. The first-order valence-electron chi connectivity index (χ1n) is 3.82. The maximum atomic E-state index is 12.9. The molecule has 0 amide bonds. The molecule has 0 spiro atoms. The van der Waals surface area contributed by atoms with E-state index in [2.05, 4.69) is 0 Å². The lowest BCUT2D eigenvalue weighted by molar-refractivity contribution is -0.137. The molecular formula is C9H5F5O. The van der Waals surface area contributed by atoms with E-state index in [1.165, 1.54) is 0 Å². The SMILES string of the molecule is O=C(CF)c1ccc(C(F)(F)F)cc1F. The van der Waals surface area contributed by atoms with E-state index in [-0.39, 0.29) is 6.07 Å². The van der Waals surface area contributed by atoms with Crippen LogP contribution in [0.5, 0.6) is 0 Å². The lowest BCUT2D eigenvalue weighted by atomic mass is 10.1. The lowest BCUT2D eigenvalue weighted by Crippen LogP contribution is -2.09. The van der Waals surface area contributed by atoms with Gasteiger partial charge in [-0.15, -0.1) is 0 Å². The summed E-state index contributed by atoms with van der Waals surface area (Å²) in [4.78, 5) is 10.7. The van der Waals surface area contributed by atoms with Gasteiger partial charge in [0.25, 0.3) is 0 Å². The fourth-order valence-electron chi connectivity index (χ4n) is 0.990. The maximum Gasteiger partial charge on any atom is 0.416 e. The highest BCUT2D eigenvalue weighted by Gasteiger charge is 2.31. The van der Waals surface area contributed by atoms with Crippen molar-refractivity contribution in [3.8, 4) is 0 Å². The second-order valence-corrected chi connectivity index (χ2v) is 2.75. The van der Waals surface area contributed by atoms with Gasteiger partial charge in [0.2, 0.25) is 0 Å². The zero-order chi connectivity index (χ0) is 11.6. The van der Waals surface area contributed by atoms with Gasteiger partial charge in [-0.1, -0.05) is 0 Å². The van der Waals surface area contributed by atoms with Crippen LogP contribution in [0.2, 0.25) is 0 Å². The number of rotatable bonds is 2. The van der Waals surface area contributed by atoms with E-state index in [1.54, 1.807) is 0 Å². The van der Waals surface area contributed by atoms with E-state index in [4.69, 9.17) is 0 Å². The van der Waals surface area contributed by atoms with Crippen molar-refractivity contribution in [2.45, 2.75) is 6.18 Å². The summed E-state index contributed by atoms with van der Waals surface area (Å²) in [5, 5.41) is 0. The van der Waals surface area contributed by atoms with Crippen molar-refractivity contribution in [1.29, 1.82) is 0 Å².